The second-order valence-corrected chi connectivity index (χ2v) is 8.19. The monoisotopic (exact) mass is 411 g/mol. The first-order valence-corrected chi connectivity index (χ1v) is 10.7. The van der Waals surface area contributed by atoms with Crippen LogP contribution < -0.4 is 5.32 Å². The normalized spacial score (nSPS) is 11.9. The van der Waals surface area contributed by atoms with E-state index in [1.165, 1.54) is 23.0 Å². The second kappa shape index (κ2) is 11.4. The molecule has 0 saturated carbocycles. The van der Waals surface area contributed by atoms with Gasteiger partial charge in [-0.15, -0.1) is 11.3 Å². The van der Waals surface area contributed by atoms with Crippen molar-refractivity contribution in [3.8, 4) is 0 Å². The minimum absolute atomic E-state index is 0.273. The quantitative estimate of drug-likeness (QED) is 0.294. The molecule has 1 N–H and O–H groups in total. The number of carbonyl (C=O) groups excluding carboxylic acids is 2. The number of allylic oxidation sites excluding steroid dienone is 2. The Balaban J connectivity index is 2.16. The number of thiophene rings is 1. The van der Waals surface area contributed by atoms with Crippen molar-refractivity contribution in [3.05, 3.63) is 70.1 Å². The predicted molar refractivity (Wildman–Crippen MR) is 121 cm³/mol. The Morgan fingerprint density at radius 1 is 1.21 bits per heavy atom. The van der Waals surface area contributed by atoms with Gasteiger partial charge in [-0.05, 0) is 57.2 Å². The third-order valence-electron chi connectivity index (χ3n) is 4.35. The number of nitrogens with one attached hydrogen (secondary N) is 1. The Hall–Kier alpha value is -2.66. The third-order valence-corrected chi connectivity index (χ3v) is 5.63. The zero-order valence-corrected chi connectivity index (χ0v) is 18.3. The van der Waals surface area contributed by atoms with Crippen molar-refractivity contribution in [2.75, 3.05) is 11.9 Å². The second-order valence-electron chi connectivity index (χ2n) is 7.11. The van der Waals surface area contributed by atoms with Gasteiger partial charge in [-0.25, -0.2) is 4.79 Å². The smallest absolute Gasteiger partial charge is 0.341 e. The molecular weight excluding hydrogens is 382 g/mol. The van der Waals surface area contributed by atoms with Crippen LogP contribution in [0.25, 0.3) is 6.08 Å². The van der Waals surface area contributed by atoms with E-state index in [9.17, 15) is 9.59 Å². The fourth-order valence-electron chi connectivity index (χ4n) is 2.76. The van der Waals surface area contributed by atoms with Crippen LogP contribution in [0.4, 0.5) is 5.00 Å². The number of hydrogen-bond donors (Lipinski definition) is 1. The maximum atomic E-state index is 12.4. The molecule has 2 aromatic rings. The van der Waals surface area contributed by atoms with E-state index in [4.69, 9.17) is 4.74 Å². The number of benzene rings is 1. The molecule has 1 heterocycles. The van der Waals surface area contributed by atoms with Crippen LogP contribution in [0.2, 0.25) is 0 Å². The van der Waals surface area contributed by atoms with Crippen molar-refractivity contribution in [3.63, 3.8) is 0 Å². The molecular formula is C24H29NO3S. The van der Waals surface area contributed by atoms with Crippen LogP contribution in [0.5, 0.6) is 0 Å². The molecule has 1 atom stereocenters. The molecule has 0 aliphatic heterocycles. The summed E-state index contributed by atoms with van der Waals surface area (Å²) in [4.78, 5) is 25.8. The van der Waals surface area contributed by atoms with Gasteiger partial charge in [0.15, 0.2) is 0 Å². The number of amides is 1. The zero-order valence-electron chi connectivity index (χ0n) is 17.5. The van der Waals surface area contributed by atoms with Gasteiger partial charge >= 0.3 is 5.97 Å². The van der Waals surface area contributed by atoms with Gasteiger partial charge in [-0.3, -0.25) is 4.79 Å². The Kier molecular flexibility index (Phi) is 8.87. The summed E-state index contributed by atoms with van der Waals surface area (Å²) in [6, 6.07) is 11.5. The van der Waals surface area contributed by atoms with E-state index in [0.29, 0.717) is 17.2 Å². The molecule has 0 saturated heterocycles. The first-order valence-electron chi connectivity index (χ1n) is 9.89. The summed E-state index contributed by atoms with van der Waals surface area (Å²) in [5.41, 5.74) is 2.66. The van der Waals surface area contributed by atoms with E-state index < -0.39 is 5.97 Å². The van der Waals surface area contributed by atoms with Crippen molar-refractivity contribution < 1.29 is 14.3 Å². The summed E-state index contributed by atoms with van der Waals surface area (Å²) < 4.78 is 5.17. The minimum atomic E-state index is -0.408. The summed E-state index contributed by atoms with van der Waals surface area (Å²) >= 11 is 1.44. The molecule has 1 aromatic carbocycles. The van der Waals surface area contributed by atoms with Gasteiger partial charge in [0.05, 0.1) is 12.2 Å². The maximum Gasteiger partial charge on any atom is 0.341 e. The van der Waals surface area contributed by atoms with Crippen molar-refractivity contribution in [1.82, 2.24) is 0 Å². The molecule has 0 fully saturated rings. The van der Waals surface area contributed by atoms with Gasteiger partial charge in [0, 0.05) is 11.0 Å². The van der Waals surface area contributed by atoms with Gasteiger partial charge in [-0.2, -0.15) is 0 Å². The van der Waals surface area contributed by atoms with Crippen molar-refractivity contribution >= 4 is 34.3 Å². The molecule has 4 nitrogen and oxygen atoms in total. The Morgan fingerprint density at radius 3 is 2.59 bits per heavy atom. The highest BCUT2D eigenvalue weighted by atomic mass is 32.1. The lowest BCUT2D eigenvalue weighted by atomic mass is 10.0. The van der Waals surface area contributed by atoms with Gasteiger partial charge in [0.1, 0.15) is 5.00 Å². The average Bonchev–Trinajstić information content (AvgIpc) is 3.11. The number of hydrogen-bond acceptors (Lipinski definition) is 4. The number of anilines is 1. The Morgan fingerprint density at radius 2 is 1.93 bits per heavy atom. The molecule has 0 unspecified atom stereocenters. The number of esters is 1. The molecule has 0 aliphatic carbocycles. The zero-order chi connectivity index (χ0) is 21.2. The summed E-state index contributed by atoms with van der Waals surface area (Å²) in [5, 5.41) is 3.39. The fraction of sp³-hybridized carbons (Fsp3) is 0.333. The molecule has 0 bridgehead atoms. The SMILES string of the molecule is CCOC(=O)c1cc([C@@H](C)CCC=C(C)C)sc1NC(=O)/C=C/c1ccccc1. The summed E-state index contributed by atoms with van der Waals surface area (Å²) in [6.45, 7) is 8.38. The summed E-state index contributed by atoms with van der Waals surface area (Å²) in [5.74, 6) is -0.395. The highest BCUT2D eigenvalue weighted by Gasteiger charge is 2.20. The molecule has 29 heavy (non-hydrogen) atoms. The lowest BCUT2D eigenvalue weighted by molar-refractivity contribution is -0.111. The van der Waals surface area contributed by atoms with E-state index in [1.807, 2.05) is 36.4 Å². The first-order chi connectivity index (χ1) is 13.9. The van der Waals surface area contributed by atoms with Crippen molar-refractivity contribution in [1.29, 1.82) is 0 Å². The topological polar surface area (TPSA) is 55.4 Å². The predicted octanol–water partition coefficient (Wildman–Crippen LogP) is 6.43. The Bertz CT molecular complexity index is 877. The largest absolute Gasteiger partial charge is 0.462 e. The summed E-state index contributed by atoms with van der Waals surface area (Å²) in [7, 11) is 0. The van der Waals surface area contributed by atoms with Crippen LogP contribution >= 0.6 is 11.3 Å². The van der Waals surface area contributed by atoms with Gasteiger partial charge in [-0.1, -0.05) is 48.9 Å². The molecule has 5 heteroatoms. The van der Waals surface area contributed by atoms with Crippen LogP contribution in [-0.4, -0.2) is 18.5 Å². The van der Waals surface area contributed by atoms with Crippen LogP contribution in [0.15, 0.2) is 54.1 Å². The van der Waals surface area contributed by atoms with Crippen LogP contribution in [0.3, 0.4) is 0 Å². The van der Waals surface area contributed by atoms with Crippen molar-refractivity contribution in [2.45, 2.75) is 46.5 Å². The molecule has 0 radical (unpaired) electrons. The van der Waals surface area contributed by atoms with E-state index in [-0.39, 0.29) is 11.8 Å². The standard InChI is InChI=1S/C24H29NO3S/c1-5-28-24(27)20-16-21(18(4)11-9-10-17(2)3)29-23(20)25-22(26)15-14-19-12-7-6-8-13-19/h6-8,10,12-16,18H,5,9,11H2,1-4H3,(H,25,26)/b15-14+/t18-/m0/s1. The highest BCUT2D eigenvalue weighted by Crippen LogP contribution is 2.35. The van der Waals surface area contributed by atoms with E-state index >= 15 is 0 Å². The van der Waals surface area contributed by atoms with Crippen LogP contribution in [-0.2, 0) is 9.53 Å². The fourth-order valence-corrected chi connectivity index (χ4v) is 3.90. The van der Waals surface area contributed by atoms with Crippen LogP contribution in [0.1, 0.15) is 67.3 Å². The molecule has 2 rings (SSSR count). The van der Waals surface area contributed by atoms with E-state index in [1.54, 1.807) is 13.0 Å². The van der Waals surface area contributed by atoms with Gasteiger partial charge in [0.25, 0.3) is 0 Å². The highest BCUT2D eigenvalue weighted by molar-refractivity contribution is 7.16. The van der Waals surface area contributed by atoms with Gasteiger partial charge < -0.3 is 10.1 Å². The third kappa shape index (κ3) is 7.35. The number of rotatable bonds is 9. The minimum Gasteiger partial charge on any atom is -0.462 e. The molecule has 1 aromatic heterocycles. The lowest BCUT2D eigenvalue weighted by Gasteiger charge is -2.07. The molecule has 154 valence electrons. The number of carbonyl (C=O) groups is 2. The number of ether oxygens (including phenoxy) is 1. The average molecular weight is 412 g/mol. The van der Waals surface area contributed by atoms with Crippen molar-refractivity contribution in [2.24, 2.45) is 0 Å². The first kappa shape index (κ1) is 22.6. The van der Waals surface area contributed by atoms with E-state index in [0.717, 1.165) is 23.3 Å². The van der Waals surface area contributed by atoms with Gasteiger partial charge in [0.2, 0.25) is 5.91 Å². The van der Waals surface area contributed by atoms with E-state index in [2.05, 4.69) is 32.2 Å². The maximum absolute atomic E-state index is 12.4. The molecule has 0 aliphatic rings. The lowest BCUT2D eigenvalue weighted by Crippen LogP contribution is -2.11. The molecule has 1 amide bonds. The summed E-state index contributed by atoms with van der Waals surface area (Å²) in [6.07, 6.45) is 7.40. The van der Waals surface area contributed by atoms with Crippen LogP contribution in [0, 0.1) is 0 Å². The molecule has 0 spiro atoms. The Labute approximate surface area is 177 Å².